The van der Waals surface area contributed by atoms with Crippen LogP contribution < -0.4 is 34.0 Å². The summed E-state index contributed by atoms with van der Waals surface area (Å²) in [4.78, 5) is 0. The van der Waals surface area contributed by atoms with Gasteiger partial charge in [0.05, 0.1) is 0 Å². The maximum Gasteiger partial charge on any atom is -1.00 e. The standard InChI is InChI=1S/C9H11.C5H5.2BrH.Ti/c1-2-5-9-7-3-6-8(9)4-1;1-2-4-5-3-1;;;/h1-2,4,6,9H,3,5,7H2;1-3H,4H2;2*1H;/q;;;;+2/p-2. The molecule has 1 fully saturated rings. The van der Waals surface area contributed by atoms with Crippen molar-refractivity contribution in [3.63, 3.8) is 0 Å². The van der Waals surface area contributed by atoms with E-state index in [4.69, 9.17) is 0 Å². The minimum Gasteiger partial charge on any atom is -1.00 e. The van der Waals surface area contributed by atoms with Gasteiger partial charge in [-0.15, -0.1) is 0 Å². The van der Waals surface area contributed by atoms with Crippen LogP contribution in [-0.2, 0) is 19.2 Å². The molecule has 0 aromatic rings. The van der Waals surface area contributed by atoms with Crippen molar-refractivity contribution < 1.29 is 53.1 Å². The summed E-state index contributed by atoms with van der Waals surface area (Å²) in [6.45, 7) is 0. The molecule has 2 atom stereocenters. The van der Waals surface area contributed by atoms with Gasteiger partial charge in [-0.25, -0.2) is 0 Å². The fraction of sp³-hybridized carbons (Fsp3) is 0.429. The summed E-state index contributed by atoms with van der Waals surface area (Å²) >= 11 is 0.126. The second-order valence-corrected chi connectivity index (χ2v) is 7.17. The second-order valence-electron chi connectivity index (χ2n) is 4.63. The Labute approximate surface area is 134 Å². The van der Waals surface area contributed by atoms with Crippen molar-refractivity contribution in [1.29, 1.82) is 0 Å². The van der Waals surface area contributed by atoms with Gasteiger partial charge in [0.2, 0.25) is 0 Å². The third kappa shape index (κ3) is 3.56. The zero-order valence-electron chi connectivity index (χ0n) is 9.70. The van der Waals surface area contributed by atoms with Crippen LogP contribution in [0.2, 0.25) is 4.22 Å². The first-order valence-electron chi connectivity index (χ1n) is 5.92. The molecule has 2 unspecified atom stereocenters. The largest absolute Gasteiger partial charge is 1.00 e. The van der Waals surface area contributed by atoms with Crippen LogP contribution in [0.25, 0.3) is 0 Å². The minimum absolute atomic E-state index is 0. The summed E-state index contributed by atoms with van der Waals surface area (Å²) in [6.07, 6.45) is 19.4. The van der Waals surface area contributed by atoms with Gasteiger partial charge in [0.1, 0.15) is 0 Å². The Hall–Kier alpha value is 0.634. The molecule has 0 amide bonds. The van der Waals surface area contributed by atoms with Gasteiger partial charge < -0.3 is 34.0 Å². The monoisotopic (exact) mass is 390 g/mol. The van der Waals surface area contributed by atoms with Gasteiger partial charge in [0.25, 0.3) is 0 Å². The molecule has 3 rings (SSSR count). The topological polar surface area (TPSA) is 0 Å². The molecule has 0 bridgehead atoms. The zero-order valence-corrected chi connectivity index (χ0v) is 14.4. The van der Waals surface area contributed by atoms with Gasteiger partial charge in [-0.05, 0) is 0 Å². The van der Waals surface area contributed by atoms with Crippen LogP contribution >= 0.6 is 0 Å². The second kappa shape index (κ2) is 7.28. The summed E-state index contributed by atoms with van der Waals surface area (Å²) in [5.74, 6) is 0.915. The molecule has 0 heterocycles. The van der Waals surface area contributed by atoms with Crippen LogP contribution in [-0.4, -0.2) is 0 Å². The van der Waals surface area contributed by atoms with Gasteiger partial charge in [-0.1, -0.05) is 0 Å². The van der Waals surface area contributed by atoms with E-state index >= 15 is 0 Å². The first-order valence-corrected chi connectivity index (χ1v) is 7.60. The van der Waals surface area contributed by atoms with E-state index in [1.807, 2.05) is 0 Å². The first-order chi connectivity index (χ1) is 7.43. The van der Waals surface area contributed by atoms with E-state index < -0.39 is 0 Å². The zero-order chi connectivity index (χ0) is 10.1. The quantitative estimate of drug-likeness (QED) is 0.478. The SMILES string of the molecule is C1=CC[C]([Ti+2][CH]2CCC3CC=CC=C32)=C1.[Br-].[Br-]. The van der Waals surface area contributed by atoms with Crippen LogP contribution in [0.5, 0.6) is 0 Å². The van der Waals surface area contributed by atoms with Crippen molar-refractivity contribution in [2.75, 3.05) is 0 Å². The predicted octanol–water partition coefficient (Wildman–Crippen LogP) is -1.99. The average Bonchev–Trinajstić information content (AvgIpc) is 2.89. The molecule has 0 N–H and O–H groups in total. The van der Waals surface area contributed by atoms with Crippen LogP contribution in [0, 0.1) is 5.92 Å². The summed E-state index contributed by atoms with van der Waals surface area (Å²) in [7, 11) is 0. The molecule has 3 aliphatic carbocycles. The van der Waals surface area contributed by atoms with E-state index in [-0.39, 0.29) is 53.1 Å². The van der Waals surface area contributed by atoms with Crippen molar-refractivity contribution >= 4 is 0 Å². The van der Waals surface area contributed by atoms with E-state index in [0.717, 1.165) is 10.1 Å². The summed E-state index contributed by atoms with van der Waals surface area (Å²) < 4.78 is 2.74. The Bertz CT molecular complexity index is 380. The van der Waals surface area contributed by atoms with E-state index in [2.05, 4.69) is 36.5 Å². The normalized spacial score (nSPS) is 28.5. The number of fused-ring (bicyclic) bond motifs is 1. The van der Waals surface area contributed by atoms with Crippen molar-refractivity contribution in [2.45, 2.75) is 29.9 Å². The molecule has 17 heavy (non-hydrogen) atoms. The van der Waals surface area contributed by atoms with E-state index in [0.29, 0.717) is 0 Å². The number of allylic oxidation sites excluding steroid dienone is 8. The molecular weight excluding hydrogens is 376 g/mol. The van der Waals surface area contributed by atoms with Crippen molar-refractivity contribution in [2.24, 2.45) is 5.92 Å². The molecule has 90 valence electrons. The Morgan fingerprint density at radius 1 is 1.00 bits per heavy atom. The van der Waals surface area contributed by atoms with Crippen LogP contribution in [0.1, 0.15) is 25.7 Å². The smallest absolute Gasteiger partial charge is 1.00 e. The van der Waals surface area contributed by atoms with Crippen LogP contribution in [0.3, 0.4) is 0 Å². The minimum atomic E-state index is 0. The van der Waals surface area contributed by atoms with Crippen LogP contribution in [0.15, 0.2) is 45.9 Å². The number of hydrogen-bond donors (Lipinski definition) is 0. The van der Waals surface area contributed by atoms with E-state index in [9.17, 15) is 0 Å². The van der Waals surface area contributed by atoms with E-state index in [1.165, 1.54) is 25.7 Å². The van der Waals surface area contributed by atoms with Crippen molar-refractivity contribution in [1.82, 2.24) is 0 Å². The Morgan fingerprint density at radius 2 is 1.82 bits per heavy atom. The Balaban J connectivity index is 0.000000722. The molecular formula is C14H16Br2Ti. The summed E-state index contributed by atoms with van der Waals surface area (Å²) in [6, 6.07) is 0. The maximum atomic E-state index is 2.41. The number of hydrogen-bond acceptors (Lipinski definition) is 0. The van der Waals surface area contributed by atoms with Crippen molar-refractivity contribution in [3.8, 4) is 0 Å². The summed E-state index contributed by atoms with van der Waals surface area (Å²) in [5, 5.41) is 0. The molecule has 0 spiro atoms. The van der Waals surface area contributed by atoms with Gasteiger partial charge in [0, 0.05) is 0 Å². The van der Waals surface area contributed by atoms with Gasteiger partial charge in [-0.3, -0.25) is 0 Å². The fourth-order valence-corrected chi connectivity index (χ4v) is 5.48. The predicted molar refractivity (Wildman–Crippen MR) is 60.2 cm³/mol. The molecule has 0 aliphatic heterocycles. The molecule has 0 aromatic carbocycles. The Morgan fingerprint density at radius 3 is 2.59 bits per heavy atom. The molecule has 1 saturated carbocycles. The molecule has 3 heteroatoms. The molecule has 0 saturated heterocycles. The third-order valence-electron chi connectivity index (χ3n) is 3.65. The molecule has 0 radical (unpaired) electrons. The van der Waals surface area contributed by atoms with Gasteiger partial charge in [-0.2, -0.15) is 0 Å². The molecule has 0 aromatic heterocycles. The Kier molecular flexibility index (Phi) is 6.72. The van der Waals surface area contributed by atoms with Crippen LogP contribution in [0.4, 0.5) is 0 Å². The number of rotatable bonds is 2. The molecule has 0 nitrogen and oxygen atoms in total. The first kappa shape index (κ1) is 15.7. The maximum absolute atomic E-state index is 2.41. The van der Waals surface area contributed by atoms with Gasteiger partial charge in [0.15, 0.2) is 0 Å². The average molecular weight is 392 g/mol. The molecule has 3 aliphatic rings. The summed E-state index contributed by atoms with van der Waals surface area (Å²) in [5.41, 5.74) is 1.80. The fourth-order valence-electron chi connectivity index (χ4n) is 2.85. The van der Waals surface area contributed by atoms with Gasteiger partial charge >= 0.3 is 101 Å². The number of halogens is 2. The van der Waals surface area contributed by atoms with Crippen molar-refractivity contribution in [3.05, 3.63) is 45.9 Å². The third-order valence-corrected chi connectivity index (χ3v) is 6.33. The van der Waals surface area contributed by atoms with E-state index in [1.54, 1.807) is 9.45 Å².